The molecule has 1 aliphatic rings. The Balaban J connectivity index is 2.00. The van der Waals surface area contributed by atoms with E-state index in [0.717, 1.165) is 8.95 Å². The van der Waals surface area contributed by atoms with E-state index in [-0.39, 0.29) is 0 Å². The van der Waals surface area contributed by atoms with Crippen molar-refractivity contribution in [2.75, 3.05) is 25.5 Å². The molecular weight excluding hydrogens is 332 g/mol. The first-order valence-electron chi connectivity index (χ1n) is 5.55. The lowest BCUT2D eigenvalue weighted by molar-refractivity contribution is 0.264. The smallest absolute Gasteiger partial charge is 0.0498 e. The van der Waals surface area contributed by atoms with Crippen LogP contribution in [0.3, 0.4) is 0 Å². The first-order valence-corrected chi connectivity index (χ1v) is 7.14. The lowest BCUT2D eigenvalue weighted by Crippen LogP contribution is -2.36. The third-order valence-electron chi connectivity index (χ3n) is 3.01. The normalized spacial score (nSPS) is 18.7. The molecule has 0 aromatic heterocycles. The standard InChI is InChI=1S/C12H16Br2N2/c1-16-6-4-10(5-7-16)15-12-8-9(13)2-3-11(12)14/h2-3,8,10,15H,4-7H2,1H3. The van der Waals surface area contributed by atoms with Crippen molar-refractivity contribution in [3.8, 4) is 0 Å². The van der Waals surface area contributed by atoms with Crippen LogP contribution >= 0.6 is 31.9 Å². The van der Waals surface area contributed by atoms with Crippen LogP contribution in [0.5, 0.6) is 0 Å². The number of nitrogens with one attached hydrogen (secondary N) is 1. The predicted octanol–water partition coefficient (Wildman–Crippen LogP) is 3.72. The van der Waals surface area contributed by atoms with E-state index in [1.165, 1.54) is 31.6 Å². The summed E-state index contributed by atoms with van der Waals surface area (Å²) >= 11 is 7.08. The van der Waals surface area contributed by atoms with Gasteiger partial charge in [-0.1, -0.05) is 15.9 Å². The molecule has 0 atom stereocenters. The maximum Gasteiger partial charge on any atom is 0.0498 e. The maximum atomic E-state index is 3.61. The van der Waals surface area contributed by atoms with E-state index >= 15 is 0 Å². The molecule has 0 amide bonds. The van der Waals surface area contributed by atoms with Gasteiger partial charge in [0, 0.05) is 20.7 Å². The average Bonchev–Trinajstić information content (AvgIpc) is 2.27. The van der Waals surface area contributed by atoms with Gasteiger partial charge in [-0.3, -0.25) is 0 Å². The van der Waals surface area contributed by atoms with Crippen LogP contribution in [0.4, 0.5) is 5.69 Å². The van der Waals surface area contributed by atoms with Gasteiger partial charge in [-0.25, -0.2) is 0 Å². The summed E-state index contributed by atoms with van der Waals surface area (Å²) in [5.74, 6) is 0. The quantitative estimate of drug-likeness (QED) is 0.877. The van der Waals surface area contributed by atoms with Gasteiger partial charge in [0.25, 0.3) is 0 Å². The van der Waals surface area contributed by atoms with Gasteiger partial charge >= 0.3 is 0 Å². The maximum absolute atomic E-state index is 3.61. The highest BCUT2D eigenvalue weighted by atomic mass is 79.9. The second-order valence-corrected chi connectivity index (χ2v) is 6.12. The Morgan fingerprint density at radius 3 is 2.62 bits per heavy atom. The van der Waals surface area contributed by atoms with Gasteiger partial charge in [-0.15, -0.1) is 0 Å². The summed E-state index contributed by atoms with van der Waals surface area (Å²) in [5, 5.41) is 3.61. The summed E-state index contributed by atoms with van der Waals surface area (Å²) in [6.45, 7) is 2.37. The van der Waals surface area contributed by atoms with Crippen LogP contribution < -0.4 is 5.32 Å². The fraction of sp³-hybridized carbons (Fsp3) is 0.500. The number of nitrogens with zero attached hydrogens (tertiary/aromatic N) is 1. The molecule has 1 N–H and O–H groups in total. The average molecular weight is 348 g/mol. The van der Waals surface area contributed by atoms with Crippen LogP contribution in [0.2, 0.25) is 0 Å². The van der Waals surface area contributed by atoms with Crippen molar-refractivity contribution in [3.63, 3.8) is 0 Å². The largest absolute Gasteiger partial charge is 0.381 e. The van der Waals surface area contributed by atoms with Gasteiger partial charge < -0.3 is 10.2 Å². The number of hydrogen-bond donors (Lipinski definition) is 1. The van der Waals surface area contributed by atoms with E-state index in [1.807, 2.05) is 6.07 Å². The Labute approximate surface area is 114 Å². The van der Waals surface area contributed by atoms with Crippen molar-refractivity contribution < 1.29 is 0 Å². The molecule has 88 valence electrons. The summed E-state index contributed by atoms with van der Waals surface area (Å²) < 4.78 is 2.25. The summed E-state index contributed by atoms with van der Waals surface area (Å²) in [4.78, 5) is 2.38. The molecule has 1 aliphatic heterocycles. The molecule has 2 rings (SSSR count). The molecule has 1 saturated heterocycles. The Morgan fingerprint density at radius 1 is 1.25 bits per heavy atom. The van der Waals surface area contributed by atoms with Gasteiger partial charge in [-0.05, 0) is 67.1 Å². The lowest BCUT2D eigenvalue weighted by Gasteiger charge is -2.30. The number of likely N-dealkylation sites (tertiary alicyclic amines) is 1. The van der Waals surface area contributed by atoms with Crippen molar-refractivity contribution in [2.24, 2.45) is 0 Å². The second-order valence-electron chi connectivity index (χ2n) is 4.35. The van der Waals surface area contributed by atoms with E-state index in [2.05, 4.69) is 61.3 Å². The third kappa shape index (κ3) is 3.22. The Kier molecular flexibility index (Phi) is 4.27. The van der Waals surface area contributed by atoms with Gasteiger partial charge in [0.05, 0.1) is 0 Å². The lowest BCUT2D eigenvalue weighted by atomic mass is 10.1. The van der Waals surface area contributed by atoms with Gasteiger partial charge in [-0.2, -0.15) is 0 Å². The predicted molar refractivity (Wildman–Crippen MR) is 76.0 cm³/mol. The van der Waals surface area contributed by atoms with Crippen LogP contribution in [-0.2, 0) is 0 Å². The molecule has 2 nitrogen and oxygen atoms in total. The molecule has 0 aliphatic carbocycles. The zero-order valence-corrected chi connectivity index (χ0v) is 12.5. The molecule has 0 saturated carbocycles. The SMILES string of the molecule is CN1CCC(Nc2cc(Br)ccc2Br)CC1. The van der Waals surface area contributed by atoms with Gasteiger partial charge in [0.1, 0.15) is 0 Å². The number of rotatable bonds is 2. The van der Waals surface area contributed by atoms with E-state index in [9.17, 15) is 0 Å². The van der Waals surface area contributed by atoms with E-state index < -0.39 is 0 Å². The molecule has 1 aromatic rings. The minimum Gasteiger partial charge on any atom is -0.381 e. The zero-order valence-electron chi connectivity index (χ0n) is 9.34. The number of hydrogen-bond acceptors (Lipinski definition) is 2. The van der Waals surface area contributed by atoms with Crippen molar-refractivity contribution in [2.45, 2.75) is 18.9 Å². The molecule has 16 heavy (non-hydrogen) atoms. The zero-order chi connectivity index (χ0) is 11.5. The molecule has 4 heteroatoms. The van der Waals surface area contributed by atoms with Crippen molar-refractivity contribution in [1.82, 2.24) is 4.90 Å². The molecule has 0 spiro atoms. The highest BCUT2D eigenvalue weighted by Crippen LogP contribution is 2.28. The fourth-order valence-electron chi connectivity index (χ4n) is 1.98. The molecule has 0 bridgehead atoms. The highest BCUT2D eigenvalue weighted by molar-refractivity contribution is 9.11. The van der Waals surface area contributed by atoms with Crippen molar-refractivity contribution >= 4 is 37.5 Å². The third-order valence-corrected chi connectivity index (χ3v) is 4.19. The summed E-state index contributed by atoms with van der Waals surface area (Å²) in [5.41, 5.74) is 1.18. The van der Waals surface area contributed by atoms with Crippen LogP contribution in [0, 0.1) is 0 Å². The summed E-state index contributed by atoms with van der Waals surface area (Å²) in [6.07, 6.45) is 2.44. The van der Waals surface area contributed by atoms with Crippen LogP contribution in [-0.4, -0.2) is 31.1 Å². The first-order chi connectivity index (χ1) is 7.65. The minimum absolute atomic E-state index is 0.599. The summed E-state index contributed by atoms with van der Waals surface area (Å²) in [7, 11) is 2.19. The Hall–Kier alpha value is -0.0600. The van der Waals surface area contributed by atoms with Crippen LogP contribution in [0.1, 0.15) is 12.8 Å². The van der Waals surface area contributed by atoms with Crippen molar-refractivity contribution in [3.05, 3.63) is 27.1 Å². The number of halogens is 2. The topological polar surface area (TPSA) is 15.3 Å². The molecule has 0 radical (unpaired) electrons. The van der Waals surface area contributed by atoms with Crippen LogP contribution in [0.25, 0.3) is 0 Å². The molecular formula is C12H16Br2N2. The number of anilines is 1. The Morgan fingerprint density at radius 2 is 1.94 bits per heavy atom. The fourth-order valence-corrected chi connectivity index (χ4v) is 2.70. The Bertz CT molecular complexity index is 360. The van der Waals surface area contributed by atoms with Crippen molar-refractivity contribution in [1.29, 1.82) is 0 Å². The van der Waals surface area contributed by atoms with Gasteiger partial charge in [0.15, 0.2) is 0 Å². The summed E-state index contributed by atoms with van der Waals surface area (Å²) in [6, 6.07) is 6.84. The number of piperidine rings is 1. The monoisotopic (exact) mass is 346 g/mol. The minimum atomic E-state index is 0.599. The van der Waals surface area contributed by atoms with Crippen LogP contribution in [0.15, 0.2) is 27.1 Å². The van der Waals surface area contributed by atoms with E-state index in [4.69, 9.17) is 0 Å². The van der Waals surface area contributed by atoms with E-state index in [1.54, 1.807) is 0 Å². The first kappa shape index (κ1) is 12.4. The second kappa shape index (κ2) is 5.52. The molecule has 1 fully saturated rings. The molecule has 1 aromatic carbocycles. The number of benzene rings is 1. The molecule has 0 unspecified atom stereocenters. The van der Waals surface area contributed by atoms with E-state index in [0.29, 0.717) is 6.04 Å². The highest BCUT2D eigenvalue weighted by Gasteiger charge is 2.16. The molecule has 1 heterocycles. The van der Waals surface area contributed by atoms with Gasteiger partial charge in [0.2, 0.25) is 0 Å².